The fraction of sp³-hybridized carbons (Fsp3) is 0.467. The zero-order valence-electron chi connectivity index (χ0n) is 11.7. The third-order valence-electron chi connectivity index (χ3n) is 3.55. The van der Waals surface area contributed by atoms with E-state index in [4.69, 9.17) is 17.5 Å². The number of thiocarbonyl (C=S) groups is 1. The van der Waals surface area contributed by atoms with Gasteiger partial charge in [0.05, 0.1) is 12.5 Å². The van der Waals surface area contributed by atoms with Crippen molar-refractivity contribution in [2.24, 2.45) is 0 Å². The number of rotatable bonds is 3. The monoisotopic (exact) mass is 288 g/mol. The van der Waals surface area contributed by atoms with E-state index in [-0.39, 0.29) is 0 Å². The molecule has 5 heteroatoms. The highest BCUT2D eigenvalue weighted by Gasteiger charge is 2.16. The van der Waals surface area contributed by atoms with Crippen LogP contribution in [0.2, 0.25) is 0 Å². The van der Waals surface area contributed by atoms with Gasteiger partial charge in [0.2, 0.25) is 0 Å². The lowest BCUT2D eigenvalue weighted by Crippen LogP contribution is -2.44. The quantitative estimate of drug-likeness (QED) is 0.835. The minimum absolute atomic E-state index is 0.443. The average Bonchev–Trinajstić information content (AvgIpc) is 2.44. The van der Waals surface area contributed by atoms with Crippen molar-refractivity contribution in [2.75, 3.05) is 25.5 Å². The Bertz CT molecular complexity index is 484. The van der Waals surface area contributed by atoms with Crippen LogP contribution in [0.15, 0.2) is 24.3 Å². The van der Waals surface area contributed by atoms with Crippen LogP contribution >= 0.6 is 12.2 Å². The minimum atomic E-state index is 0.443. The number of nitrogens with one attached hydrogen (secondary N) is 2. The second-order valence-electron chi connectivity index (χ2n) is 5.21. The van der Waals surface area contributed by atoms with Crippen LogP contribution in [0.3, 0.4) is 0 Å². The summed E-state index contributed by atoms with van der Waals surface area (Å²) in [6.45, 7) is 2.23. The molecule has 0 bridgehead atoms. The molecule has 0 spiro atoms. The summed E-state index contributed by atoms with van der Waals surface area (Å²) in [7, 11) is 2.15. The van der Waals surface area contributed by atoms with E-state index in [0.717, 1.165) is 37.2 Å². The predicted molar refractivity (Wildman–Crippen MR) is 85.6 cm³/mol. The van der Waals surface area contributed by atoms with E-state index < -0.39 is 0 Å². The maximum Gasteiger partial charge on any atom is 0.170 e. The van der Waals surface area contributed by atoms with Gasteiger partial charge in [0, 0.05) is 11.7 Å². The molecule has 1 aliphatic rings. The molecule has 1 heterocycles. The topological polar surface area (TPSA) is 51.1 Å². The smallest absolute Gasteiger partial charge is 0.170 e. The predicted octanol–water partition coefficient (Wildman–Crippen LogP) is 2.13. The van der Waals surface area contributed by atoms with Crippen LogP contribution in [0.5, 0.6) is 0 Å². The third-order valence-corrected chi connectivity index (χ3v) is 3.77. The first-order chi connectivity index (χ1) is 9.67. The van der Waals surface area contributed by atoms with Gasteiger partial charge in [-0.15, -0.1) is 0 Å². The van der Waals surface area contributed by atoms with E-state index in [2.05, 4.69) is 28.7 Å². The molecular weight excluding hydrogens is 268 g/mol. The standard InChI is InChI=1S/C15H20N4S/c1-19-10-7-14(8-11-19)18-15(20)17-13-4-2-12(3-5-13)6-9-16/h2-5,14H,6-8,10-11H2,1H3,(H2,17,18,20). The van der Waals surface area contributed by atoms with Gasteiger partial charge in [0.1, 0.15) is 0 Å². The van der Waals surface area contributed by atoms with Gasteiger partial charge in [-0.25, -0.2) is 0 Å². The first-order valence-corrected chi connectivity index (χ1v) is 7.30. The summed E-state index contributed by atoms with van der Waals surface area (Å²) < 4.78 is 0. The largest absolute Gasteiger partial charge is 0.360 e. The number of hydrogen-bond donors (Lipinski definition) is 2. The number of benzene rings is 1. The van der Waals surface area contributed by atoms with E-state index >= 15 is 0 Å². The van der Waals surface area contributed by atoms with Gasteiger partial charge in [-0.1, -0.05) is 12.1 Å². The highest BCUT2D eigenvalue weighted by molar-refractivity contribution is 7.80. The molecule has 1 aromatic rings. The molecule has 0 amide bonds. The number of likely N-dealkylation sites (tertiary alicyclic amines) is 1. The molecule has 1 fully saturated rings. The van der Waals surface area contributed by atoms with Gasteiger partial charge in [0.25, 0.3) is 0 Å². The van der Waals surface area contributed by atoms with Crippen LogP contribution in [-0.4, -0.2) is 36.2 Å². The average molecular weight is 288 g/mol. The first kappa shape index (κ1) is 14.8. The zero-order valence-corrected chi connectivity index (χ0v) is 12.5. The Balaban J connectivity index is 1.80. The molecule has 1 aliphatic heterocycles. The number of anilines is 1. The van der Waals surface area contributed by atoms with Crippen LogP contribution in [0.1, 0.15) is 18.4 Å². The molecule has 106 valence electrons. The normalized spacial score (nSPS) is 16.4. The van der Waals surface area contributed by atoms with E-state index in [1.807, 2.05) is 24.3 Å². The van der Waals surface area contributed by atoms with Crippen molar-refractivity contribution in [1.29, 1.82) is 5.26 Å². The van der Waals surface area contributed by atoms with Crippen molar-refractivity contribution in [3.05, 3.63) is 29.8 Å². The Hall–Kier alpha value is -1.64. The number of hydrogen-bond acceptors (Lipinski definition) is 3. The van der Waals surface area contributed by atoms with Gasteiger partial charge < -0.3 is 15.5 Å². The summed E-state index contributed by atoms with van der Waals surface area (Å²) in [5.41, 5.74) is 1.98. The van der Waals surface area contributed by atoms with Crippen LogP contribution in [0, 0.1) is 11.3 Å². The molecule has 0 radical (unpaired) electrons. The highest BCUT2D eigenvalue weighted by Crippen LogP contribution is 2.11. The summed E-state index contributed by atoms with van der Waals surface area (Å²) >= 11 is 5.34. The van der Waals surface area contributed by atoms with E-state index in [1.165, 1.54) is 0 Å². The van der Waals surface area contributed by atoms with Crippen molar-refractivity contribution < 1.29 is 0 Å². The summed E-state index contributed by atoms with van der Waals surface area (Å²) in [5, 5.41) is 15.9. The number of nitrogens with zero attached hydrogens (tertiary/aromatic N) is 2. The summed E-state index contributed by atoms with van der Waals surface area (Å²) in [5.74, 6) is 0. The summed E-state index contributed by atoms with van der Waals surface area (Å²) in [6, 6.07) is 10.4. The van der Waals surface area contributed by atoms with Gasteiger partial charge >= 0.3 is 0 Å². The molecule has 1 saturated heterocycles. The van der Waals surface area contributed by atoms with Crippen molar-refractivity contribution in [1.82, 2.24) is 10.2 Å². The molecule has 0 aromatic heterocycles. The maximum atomic E-state index is 8.64. The molecule has 2 N–H and O–H groups in total. The lowest BCUT2D eigenvalue weighted by molar-refractivity contribution is 0.247. The molecule has 20 heavy (non-hydrogen) atoms. The molecule has 0 saturated carbocycles. The van der Waals surface area contributed by atoms with Crippen LogP contribution < -0.4 is 10.6 Å². The SMILES string of the molecule is CN1CCC(NC(=S)Nc2ccc(CC#N)cc2)CC1. The summed E-state index contributed by atoms with van der Waals surface area (Å²) in [4.78, 5) is 2.34. The molecule has 0 atom stereocenters. The van der Waals surface area contributed by atoms with Gasteiger partial charge in [-0.2, -0.15) is 5.26 Å². The first-order valence-electron chi connectivity index (χ1n) is 6.89. The zero-order chi connectivity index (χ0) is 14.4. The summed E-state index contributed by atoms with van der Waals surface area (Å²) in [6.07, 6.45) is 2.69. The van der Waals surface area contributed by atoms with E-state index in [0.29, 0.717) is 17.6 Å². The Morgan fingerprint density at radius 1 is 1.35 bits per heavy atom. The lowest BCUT2D eigenvalue weighted by Gasteiger charge is -2.30. The van der Waals surface area contributed by atoms with Crippen LogP contribution in [-0.2, 0) is 6.42 Å². The molecule has 2 rings (SSSR count). The Labute approximate surface area is 125 Å². The second kappa shape index (κ2) is 7.22. The third kappa shape index (κ3) is 4.48. The van der Waals surface area contributed by atoms with Crippen molar-refractivity contribution in [3.8, 4) is 6.07 Å². The molecular formula is C15H20N4S. The fourth-order valence-corrected chi connectivity index (χ4v) is 2.59. The van der Waals surface area contributed by atoms with Crippen LogP contribution in [0.4, 0.5) is 5.69 Å². The Morgan fingerprint density at radius 3 is 2.60 bits per heavy atom. The van der Waals surface area contributed by atoms with Crippen molar-refractivity contribution in [2.45, 2.75) is 25.3 Å². The number of piperidine rings is 1. The Kier molecular flexibility index (Phi) is 5.33. The minimum Gasteiger partial charge on any atom is -0.360 e. The Morgan fingerprint density at radius 2 is 2.00 bits per heavy atom. The molecule has 0 unspecified atom stereocenters. The lowest BCUT2D eigenvalue weighted by atomic mass is 10.1. The van der Waals surface area contributed by atoms with E-state index in [1.54, 1.807) is 0 Å². The maximum absolute atomic E-state index is 8.64. The van der Waals surface area contributed by atoms with Gasteiger partial charge in [-0.3, -0.25) is 0 Å². The molecule has 1 aromatic carbocycles. The second-order valence-corrected chi connectivity index (χ2v) is 5.62. The highest BCUT2D eigenvalue weighted by atomic mass is 32.1. The molecule has 0 aliphatic carbocycles. The van der Waals surface area contributed by atoms with Crippen molar-refractivity contribution >= 4 is 23.0 Å². The molecule has 4 nitrogen and oxygen atoms in total. The number of nitriles is 1. The fourth-order valence-electron chi connectivity index (χ4n) is 2.30. The van der Waals surface area contributed by atoms with Crippen molar-refractivity contribution in [3.63, 3.8) is 0 Å². The van der Waals surface area contributed by atoms with Gasteiger partial charge in [0.15, 0.2) is 5.11 Å². The van der Waals surface area contributed by atoms with Crippen LogP contribution in [0.25, 0.3) is 0 Å². The van der Waals surface area contributed by atoms with E-state index in [9.17, 15) is 0 Å². The van der Waals surface area contributed by atoms with Gasteiger partial charge in [-0.05, 0) is 62.9 Å².